The average molecular weight is 205 g/mol. The topological polar surface area (TPSA) is 35.2 Å². The molecule has 14 heavy (non-hydrogen) atoms. The Labute approximate surface area is 82.8 Å². The molecule has 0 amide bonds. The number of hydrogen-bond donors (Lipinski definition) is 1. The molecule has 1 atom stereocenters. The van der Waals surface area contributed by atoms with E-state index < -0.39 is 11.3 Å². The molecule has 0 aromatic rings. The van der Waals surface area contributed by atoms with Gasteiger partial charge in [0.1, 0.15) is 0 Å². The molecule has 1 heterocycles. The first-order valence-corrected chi connectivity index (χ1v) is 5.13. The minimum atomic E-state index is -2.55. The molecule has 2 N–H and O–H groups in total. The van der Waals surface area contributed by atoms with Crippen LogP contribution in [-0.2, 0) is 4.74 Å². The summed E-state index contributed by atoms with van der Waals surface area (Å²) in [6, 6.07) is 0. The van der Waals surface area contributed by atoms with Gasteiger partial charge in [-0.1, -0.05) is 6.92 Å². The lowest BCUT2D eigenvalue weighted by Gasteiger charge is -2.40. The Morgan fingerprint density at radius 3 is 2.14 bits per heavy atom. The summed E-state index contributed by atoms with van der Waals surface area (Å²) in [6.45, 7) is 3.21. The van der Waals surface area contributed by atoms with Gasteiger partial charge >= 0.3 is 0 Å². The van der Waals surface area contributed by atoms with Crippen molar-refractivity contribution in [1.82, 2.24) is 0 Å². The van der Waals surface area contributed by atoms with Gasteiger partial charge in [-0.25, -0.2) is 8.78 Å². The molecule has 0 spiro atoms. The van der Waals surface area contributed by atoms with E-state index >= 15 is 0 Å². The van der Waals surface area contributed by atoms with Crippen LogP contribution in [0.4, 0.5) is 8.78 Å². The summed E-state index contributed by atoms with van der Waals surface area (Å²) in [5.74, 6) is -2.55. The summed E-state index contributed by atoms with van der Waals surface area (Å²) >= 11 is 0. The lowest BCUT2D eigenvalue weighted by Crippen LogP contribution is -2.43. The highest BCUT2D eigenvalue weighted by molar-refractivity contribution is 5.18. The highest BCUT2D eigenvalue weighted by atomic mass is 19.3. The van der Waals surface area contributed by atoms with Gasteiger partial charge in [0.15, 0.2) is 0 Å². The molecule has 1 saturated carbocycles. The van der Waals surface area contributed by atoms with Gasteiger partial charge in [0.2, 0.25) is 0 Å². The second kappa shape index (κ2) is 2.89. The standard InChI is InChI=1S/C10H17F2NO/c1-8(2-4-14-5-3-8)9(7-13)6-10(9,11)12/h2-7,13H2,1H3. The maximum Gasteiger partial charge on any atom is 0.256 e. The minimum Gasteiger partial charge on any atom is -0.381 e. The molecular formula is C10H17F2NO. The zero-order valence-corrected chi connectivity index (χ0v) is 8.48. The number of halogens is 2. The van der Waals surface area contributed by atoms with Gasteiger partial charge in [-0.05, 0) is 18.3 Å². The molecule has 82 valence electrons. The lowest BCUT2D eigenvalue weighted by molar-refractivity contribution is -0.0589. The Morgan fingerprint density at radius 2 is 1.79 bits per heavy atom. The van der Waals surface area contributed by atoms with Crippen molar-refractivity contribution in [3.63, 3.8) is 0 Å². The number of rotatable bonds is 2. The van der Waals surface area contributed by atoms with Crippen LogP contribution in [0.1, 0.15) is 26.2 Å². The molecule has 2 rings (SSSR count). The fourth-order valence-electron chi connectivity index (χ4n) is 2.76. The molecule has 2 fully saturated rings. The van der Waals surface area contributed by atoms with E-state index in [0.717, 1.165) is 0 Å². The fraction of sp³-hybridized carbons (Fsp3) is 1.00. The summed E-state index contributed by atoms with van der Waals surface area (Å²) in [6.07, 6.45) is 1.38. The summed E-state index contributed by atoms with van der Waals surface area (Å²) < 4.78 is 31.9. The number of nitrogens with two attached hydrogens (primary N) is 1. The average Bonchev–Trinajstić information content (AvgIpc) is 2.72. The van der Waals surface area contributed by atoms with E-state index in [1.807, 2.05) is 6.92 Å². The molecule has 1 aliphatic heterocycles. The van der Waals surface area contributed by atoms with Crippen LogP contribution in [0, 0.1) is 10.8 Å². The van der Waals surface area contributed by atoms with E-state index in [-0.39, 0.29) is 18.4 Å². The van der Waals surface area contributed by atoms with Crippen LogP contribution in [0.25, 0.3) is 0 Å². The first-order valence-electron chi connectivity index (χ1n) is 5.13. The van der Waals surface area contributed by atoms with Crippen LogP contribution in [0.5, 0.6) is 0 Å². The van der Waals surface area contributed by atoms with Crippen molar-refractivity contribution in [1.29, 1.82) is 0 Å². The maximum absolute atomic E-state index is 13.4. The Hall–Kier alpha value is -0.220. The molecule has 0 aromatic carbocycles. The molecule has 0 aromatic heterocycles. The molecule has 4 heteroatoms. The van der Waals surface area contributed by atoms with Crippen molar-refractivity contribution in [2.45, 2.75) is 32.1 Å². The minimum absolute atomic E-state index is 0.0347. The molecule has 2 nitrogen and oxygen atoms in total. The first kappa shape index (κ1) is 10.3. The van der Waals surface area contributed by atoms with E-state index in [0.29, 0.717) is 26.1 Å². The maximum atomic E-state index is 13.4. The second-order valence-electron chi connectivity index (χ2n) is 4.84. The third kappa shape index (κ3) is 1.13. The van der Waals surface area contributed by atoms with Gasteiger partial charge in [0, 0.05) is 26.2 Å². The fourth-order valence-corrected chi connectivity index (χ4v) is 2.76. The lowest BCUT2D eigenvalue weighted by atomic mass is 9.68. The number of alkyl halides is 2. The SMILES string of the molecule is CC1(C2(CN)CC2(F)F)CCOCC1. The summed E-state index contributed by atoms with van der Waals surface area (Å²) in [5, 5.41) is 0. The monoisotopic (exact) mass is 205 g/mol. The van der Waals surface area contributed by atoms with Gasteiger partial charge in [-0.3, -0.25) is 0 Å². The highest BCUT2D eigenvalue weighted by Crippen LogP contribution is 2.70. The molecule has 1 aliphatic carbocycles. The van der Waals surface area contributed by atoms with E-state index in [2.05, 4.69) is 0 Å². The van der Waals surface area contributed by atoms with Gasteiger partial charge < -0.3 is 10.5 Å². The largest absolute Gasteiger partial charge is 0.381 e. The van der Waals surface area contributed by atoms with E-state index in [1.54, 1.807) is 0 Å². The van der Waals surface area contributed by atoms with Crippen LogP contribution in [0.3, 0.4) is 0 Å². The molecular weight excluding hydrogens is 188 g/mol. The van der Waals surface area contributed by atoms with Crippen molar-refractivity contribution < 1.29 is 13.5 Å². The van der Waals surface area contributed by atoms with Crippen LogP contribution < -0.4 is 5.73 Å². The van der Waals surface area contributed by atoms with Crippen molar-refractivity contribution in [3.05, 3.63) is 0 Å². The third-order valence-corrected chi connectivity index (χ3v) is 4.20. The predicted octanol–water partition coefficient (Wildman–Crippen LogP) is 1.79. The smallest absolute Gasteiger partial charge is 0.256 e. The van der Waals surface area contributed by atoms with Gasteiger partial charge in [-0.2, -0.15) is 0 Å². The number of hydrogen-bond acceptors (Lipinski definition) is 2. The van der Waals surface area contributed by atoms with E-state index in [1.165, 1.54) is 0 Å². The molecule has 0 bridgehead atoms. The second-order valence-corrected chi connectivity index (χ2v) is 4.84. The zero-order chi connectivity index (χ0) is 10.4. The van der Waals surface area contributed by atoms with Crippen LogP contribution in [0.2, 0.25) is 0 Å². The van der Waals surface area contributed by atoms with E-state index in [4.69, 9.17) is 10.5 Å². The molecule has 0 radical (unpaired) electrons. The van der Waals surface area contributed by atoms with Crippen molar-refractivity contribution in [2.24, 2.45) is 16.6 Å². The van der Waals surface area contributed by atoms with E-state index in [9.17, 15) is 8.78 Å². The van der Waals surface area contributed by atoms with Gasteiger partial charge in [0.25, 0.3) is 5.92 Å². The van der Waals surface area contributed by atoms with Gasteiger partial charge in [0.05, 0.1) is 5.41 Å². The Morgan fingerprint density at radius 1 is 1.29 bits per heavy atom. The molecule has 1 unspecified atom stereocenters. The third-order valence-electron chi connectivity index (χ3n) is 4.20. The molecule has 1 saturated heterocycles. The summed E-state index contributed by atoms with van der Waals surface area (Å²) in [5.41, 5.74) is 4.27. The quantitative estimate of drug-likeness (QED) is 0.746. The summed E-state index contributed by atoms with van der Waals surface area (Å²) in [7, 11) is 0. The van der Waals surface area contributed by atoms with Crippen LogP contribution >= 0.6 is 0 Å². The Bertz CT molecular complexity index is 238. The van der Waals surface area contributed by atoms with Crippen LogP contribution in [-0.4, -0.2) is 25.7 Å². The van der Waals surface area contributed by atoms with Crippen molar-refractivity contribution in [2.75, 3.05) is 19.8 Å². The predicted molar refractivity (Wildman–Crippen MR) is 49.2 cm³/mol. The first-order chi connectivity index (χ1) is 6.47. The highest BCUT2D eigenvalue weighted by Gasteiger charge is 2.76. The Balaban J connectivity index is 2.20. The normalized spacial score (nSPS) is 39.4. The van der Waals surface area contributed by atoms with Crippen molar-refractivity contribution in [3.8, 4) is 0 Å². The number of ether oxygens (including phenoxy) is 1. The van der Waals surface area contributed by atoms with Crippen LogP contribution in [0.15, 0.2) is 0 Å². The Kier molecular flexibility index (Phi) is 2.13. The van der Waals surface area contributed by atoms with Crippen molar-refractivity contribution >= 4 is 0 Å². The molecule has 2 aliphatic rings. The van der Waals surface area contributed by atoms with Gasteiger partial charge in [-0.15, -0.1) is 0 Å². The zero-order valence-electron chi connectivity index (χ0n) is 8.48. The summed E-state index contributed by atoms with van der Waals surface area (Å²) in [4.78, 5) is 0.